The minimum atomic E-state index is -0.373. The zero-order chi connectivity index (χ0) is 21.5. The lowest BCUT2D eigenvalue weighted by Crippen LogP contribution is -2.40. The molecule has 31 heavy (non-hydrogen) atoms. The molecule has 1 heterocycles. The predicted molar refractivity (Wildman–Crippen MR) is 124 cm³/mol. The normalized spacial score (nSPS) is 15.0. The number of hydrogen-bond acceptors (Lipinski definition) is 3. The third kappa shape index (κ3) is 5.87. The first kappa shape index (κ1) is 21.4. The number of nitrogens with zero attached hydrogens (tertiary/aromatic N) is 1. The first-order valence-electron chi connectivity index (χ1n) is 10.7. The Bertz CT molecular complexity index is 933. The van der Waals surface area contributed by atoms with Crippen LogP contribution in [0.5, 0.6) is 0 Å². The first-order chi connectivity index (χ1) is 15.2. The monoisotopic (exact) mass is 434 g/mol. The van der Waals surface area contributed by atoms with Crippen LogP contribution in [0.2, 0.25) is 5.02 Å². The van der Waals surface area contributed by atoms with Crippen molar-refractivity contribution < 1.29 is 9.53 Å². The number of alkyl carbamates (subject to hydrolysis) is 1. The molecule has 1 saturated heterocycles. The second-order valence-electron chi connectivity index (χ2n) is 7.87. The molecule has 3 aromatic rings. The second kappa shape index (κ2) is 10.5. The van der Waals surface area contributed by atoms with Crippen molar-refractivity contribution in [2.45, 2.75) is 31.5 Å². The van der Waals surface area contributed by atoms with Gasteiger partial charge in [-0.3, -0.25) is 4.90 Å². The van der Waals surface area contributed by atoms with Crippen molar-refractivity contribution in [1.29, 1.82) is 0 Å². The van der Waals surface area contributed by atoms with Crippen molar-refractivity contribution in [3.63, 3.8) is 0 Å². The Labute approximate surface area is 188 Å². The maximum atomic E-state index is 12.7. The molecule has 0 aliphatic carbocycles. The van der Waals surface area contributed by atoms with E-state index in [4.69, 9.17) is 16.3 Å². The lowest BCUT2D eigenvalue weighted by molar-refractivity contribution is 0.0476. The first-order valence-corrected chi connectivity index (χ1v) is 11.1. The number of amides is 1. The van der Waals surface area contributed by atoms with Gasteiger partial charge < -0.3 is 10.1 Å². The molecule has 0 spiro atoms. The molecule has 0 radical (unpaired) electrons. The summed E-state index contributed by atoms with van der Waals surface area (Å²) in [5.74, 6) is 0. The fourth-order valence-electron chi connectivity index (χ4n) is 4.01. The Balaban J connectivity index is 1.32. The Morgan fingerprint density at radius 3 is 2.03 bits per heavy atom. The van der Waals surface area contributed by atoms with Crippen molar-refractivity contribution in [3.05, 3.63) is 107 Å². The molecule has 0 atom stereocenters. The summed E-state index contributed by atoms with van der Waals surface area (Å²) in [5.41, 5.74) is 3.19. The van der Waals surface area contributed by atoms with Crippen molar-refractivity contribution in [2.24, 2.45) is 0 Å². The minimum Gasteiger partial charge on any atom is -0.446 e. The number of likely N-dealkylation sites (tertiary alicyclic amines) is 1. The Hall–Kier alpha value is -2.82. The van der Waals surface area contributed by atoms with Gasteiger partial charge in [0.1, 0.15) is 6.10 Å². The molecule has 160 valence electrons. The number of benzene rings is 3. The van der Waals surface area contributed by atoms with E-state index in [1.807, 2.05) is 78.9 Å². The van der Waals surface area contributed by atoms with E-state index in [2.05, 4.69) is 16.3 Å². The fraction of sp³-hybridized carbons (Fsp3) is 0.269. The highest BCUT2D eigenvalue weighted by Crippen LogP contribution is 2.24. The summed E-state index contributed by atoms with van der Waals surface area (Å²) in [6.07, 6.45) is 1.19. The van der Waals surface area contributed by atoms with Gasteiger partial charge in [-0.05, 0) is 35.6 Å². The molecule has 0 aromatic heterocycles. The van der Waals surface area contributed by atoms with Crippen LogP contribution in [-0.4, -0.2) is 30.2 Å². The maximum absolute atomic E-state index is 12.7. The SMILES string of the molecule is O=C(NC(c1ccccc1)c1ccccc1)OC1CCN(Cc2ccccc2Cl)CC1. The van der Waals surface area contributed by atoms with Gasteiger partial charge in [0.05, 0.1) is 6.04 Å². The summed E-state index contributed by atoms with van der Waals surface area (Å²) >= 11 is 6.29. The molecule has 1 N–H and O–H groups in total. The fourth-order valence-corrected chi connectivity index (χ4v) is 4.20. The number of carbonyl (C=O) groups excluding carboxylic acids is 1. The molecule has 0 bridgehead atoms. The number of hydrogen-bond donors (Lipinski definition) is 1. The van der Waals surface area contributed by atoms with E-state index in [1.165, 1.54) is 0 Å². The molecule has 4 rings (SSSR count). The molecule has 1 aliphatic rings. The summed E-state index contributed by atoms with van der Waals surface area (Å²) in [6, 6.07) is 27.6. The summed E-state index contributed by atoms with van der Waals surface area (Å²) in [4.78, 5) is 15.1. The van der Waals surface area contributed by atoms with Gasteiger partial charge >= 0.3 is 6.09 Å². The van der Waals surface area contributed by atoms with E-state index in [9.17, 15) is 4.79 Å². The molecular formula is C26H27ClN2O2. The largest absolute Gasteiger partial charge is 0.446 e. The highest BCUT2D eigenvalue weighted by Gasteiger charge is 2.24. The number of nitrogens with one attached hydrogen (secondary N) is 1. The Morgan fingerprint density at radius 1 is 0.903 bits per heavy atom. The predicted octanol–water partition coefficient (Wildman–Crippen LogP) is 5.82. The van der Waals surface area contributed by atoms with E-state index in [-0.39, 0.29) is 18.2 Å². The van der Waals surface area contributed by atoms with Gasteiger partial charge in [0.25, 0.3) is 0 Å². The van der Waals surface area contributed by atoms with E-state index in [0.717, 1.165) is 54.2 Å². The number of carbonyl (C=O) groups is 1. The zero-order valence-corrected chi connectivity index (χ0v) is 18.2. The van der Waals surface area contributed by atoms with Crippen LogP contribution in [0.1, 0.15) is 35.6 Å². The number of ether oxygens (including phenoxy) is 1. The lowest BCUT2D eigenvalue weighted by atomic mass is 9.99. The minimum absolute atomic E-state index is 0.0744. The van der Waals surface area contributed by atoms with Crippen molar-refractivity contribution in [2.75, 3.05) is 13.1 Å². The lowest BCUT2D eigenvalue weighted by Gasteiger charge is -2.32. The topological polar surface area (TPSA) is 41.6 Å². The number of rotatable bonds is 6. The number of piperidine rings is 1. The van der Waals surface area contributed by atoms with Gasteiger partial charge in [-0.2, -0.15) is 0 Å². The Morgan fingerprint density at radius 2 is 1.45 bits per heavy atom. The van der Waals surface area contributed by atoms with E-state index in [1.54, 1.807) is 0 Å². The van der Waals surface area contributed by atoms with Crippen LogP contribution < -0.4 is 5.32 Å². The molecule has 5 heteroatoms. The molecule has 3 aromatic carbocycles. The van der Waals surface area contributed by atoms with Gasteiger partial charge in [-0.15, -0.1) is 0 Å². The highest BCUT2D eigenvalue weighted by atomic mass is 35.5. The number of halogens is 1. The third-order valence-electron chi connectivity index (χ3n) is 5.69. The molecule has 1 fully saturated rings. The smallest absolute Gasteiger partial charge is 0.408 e. The van der Waals surface area contributed by atoms with Gasteiger partial charge in [-0.1, -0.05) is 90.5 Å². The summed E-state index contributed by atoms with van der Waals surface area (Å²) in [6.45, 7) is 2.58. The summed E-state index contributed by atoms with van der Waals surface area (Å²) in [7, 11) is 0. The average Bonchev–Trinajstić information content (AvgIpc) is 2.81. The van der Waals surface area contributed by atoms with E-state index in [0.29, 0.717) is 0 Å². The maximum Gasteiger partial charge on any atom is 0.408 e. The zero-order valence-electron chi connectivity index (χ0n) is 17.4. The van der Waals surface area contributed by atoms with Crippen LogP contribution in [-0.2, 0) is 11.3 Å². The van der Waals surface area contributed by atoms with Crippen LogP contribution in [0.25, 0.3) is 0 Å². The highest BCUT2D eigenvalue weighted by molar-refractivity contribution is 6.31. The quantitative estimate of drug-likeness (QED) is 0.531. The molecule has 0 saturated carbocycles. The van der Waals surface area contributed by atoms with Crippen LogP contribution >= 0.6 is 11.6 Å². The van der Waals surface area contributed by atoms with Crippen LogP contribution in [0.15, 0.2) is 84.9 Å². The van der Waals surface area contributed by atoms with Gasteiger partial charge in [-0.25, -0.2) is 4.79 Å². The van der Waals surface area contributed by atoms with Crippen molar-refractivity contribution >= 4 is 17.7 Å². The van der Waals surface area contributed by atoms with Crippen LogP contribution in [0, 0.1) is 0 Å². The Kier molecular flexibility index (Phi) is 7.23. The molecule has 4 nitrogen and oxygen atoms in total. The second-order valence-corrected chi connectivity index (χ2v) is 8.28. The van der Waals surface area contributed by atoms with Crippen molar-refractivity contribution in [3.8, 4) is 0 Å². The van der Waals surface area contributed by atoms with Crippen molar-refractivity contribution in [1.82, 2.24) is 10.2 Å². The molecule has 1 amide bonds. The van der Waals surface area contributed by atoms with Crippen LogP contribution in [0.3, 0.4) is 0 Å². The summed E-state index contributed by atoms with van der Waals surface area (Å²) < 4.78 is 5.78. The van der Waals surface area contributed by atoms with Gasteiger partial charge in [0.15, 0.2) is 0 Å². The summed E-state index contributed by atoms with van der Waals surface area (Å²) in [5, 5.41) is 3.86. The van der Waals surface area contributed by atoms with E-state index >= 15 is 0 Å². The van der Waals surface area contributed by atoms with Gasteiger partial charge in [0, 0.05) is 24.7 Å². The standard InChI is InChI=1S/C26H27ClN2O2/c27-24-14-8-7-13-22(24)19-29-17-15-23(16-18-29)31-26(30)28-25(20-9-3-1-4-10-20)21-11-5-2-6-12-21/h1-14,23,25H,15-19H2,(H,28,30). The van der Waals surface area contributed by atoms with Crippen LogP contribution in [0.4, 0.5) is 4.79 Å². The molecule has 0 unspecified atom stereocenters. The molecular weight excluding hydrogens is 408 g/mol. The van der Waals surface area contributed by atoms with E-state index < -0.39 is 0 Å². The van der Waals surface area contributed by atoms with Gasteiger partial charge in [0.2, 0.25) is 0 Å². The molecule has 1 aliphatic heterocycles. The average molecular weight is 435 g/mol. The third-order valence-corrected chi connectivity index (χ3v) is 6.06.